The normalized spacial score (nSPS) is 25.9. The van der Waals surface area contributed by atoms with E-state index in [-0.39, 0.29) is 17.9 Å². The van der Waals surface area contributed by atoms with Gasteiger partial charge in [-0.1, -0.05) is 5.16 Å². The molecule has 9 nitrogen and oxygen atoms in total. The summed E-state index contributed by atoms with van der Waals surface area (Å²) in [6.07, 6.45) is -2.25. The number of aliphatic carboxylic acids is 1. The lowest BCUT2D eigenvalue weighted by molar-refractivity contribution is -0.198. The maximum atomic E-state index is 12.5. The van der Waals surface area contributed by atoms with Crippen molar-refractivity contribution in [3.8, 4) is 0 Å². The van der Waals surface area contributed by atoms with Crippen LogP contribution in [0, 0.1) is 25.7 Å². The molecule has 4 heterocycles. The Bertz CT molecular complexity index is 789. The van der Waals surface area contributed by atoms with Gasteiger partial charge >= 0.3 is 12.1 Å². The van der Waals surface area contributed by atoms with E-state index in [9.17, 15) is 18.0 Å². The number of carboxylic acids is 1. The van der Waals surface area contributed by atoms with Crippen molar-refractivity contribution in [3.05, 3.63) is 17.0 Å². The van der Waals surface area contributed by atoms with E-state index >= 15 is 0 Å². The summed E-state index contributed by atoms with van der Waals surface area (Å²) in [5.41, 5.74) is 2.14. The Kier molecular flexibility index (Phi) is 7.78. The van der Waals surface area contributed by atoms with E-state index < -0.39 is 12.1 Å². The van der Waals surface area contributed by atoms with E-state index in [1.165, 1.54) is 5.56 Å². The van der Waals surface area contributed by atoms with E-state index in [1.54, 1.807) is 5.06 Å². The lowest BCUT2D eigenvalue weighted by atomic mass is 9.90. The predicted octanol–water partition coefficient (Wildman–Crippen LogP) is 2.32. The summed E-state index contributed by atoms with van der Waals surface area (Å²) in [4.78, 5) is 29.3. The van der Waals surface area contributed by atoms with Crippen LogP contribution < -0.4 is 0 Å². The monoisotopic (exact) mass is 463 g/mol. The topological polar surface area (TPSA) is 105 Å². The maximum absolute atomic E-state index is 12.5. The van der Waals surface area contributed by atoms with Gasteiger partial charge in [-0.15, -0.1) is 0 Å². The van der Waals surface area contributed by atoms with Crippen molar-refractivity contribution in [3.63, 3.8) is 0 Å². The molecule has 1 aromatic rings. The molecule has 1 amide bonds. The first-order valence-corrected chi connectivity index (χ1v) is 10.6. The third kappa shape index (κ3) is 5.99. The summed E-state index contributed by atoms with van der Waals surface area (Å²) < 4.78 is 43.0. The van der Waals surface area contributed by atoms with Gasteiger partial charge in [-0.3, -0.25) is 14.5 Å². The van der Waals surface area contributed by atoms with E-state index in [2.05, 4.69) is 10.1 Å². The summed E-state index contributed by atoms with van der Waals surface area (Å²) in [5, 5.41) is 12.7. The van der Waals surface area contributed by atoms with Gasteiger partial charge in [-0.2, -0.15) is 13.2 Å². The van der Waals surface area contributed by atoms with E-state index in [0.29, 0.717) is 25.6 Å². The quantitative estimate of drug-likeness (QED) is 0.726. The molecule has 3 atom stereocenters. The van der Waals surface area contributed by atoms with Gasteiger partial charge < -0.3 is 14.4 Å². The number of halogens is 3. The molecule has 0 aliphatic carbocycles. The minimum Gasteiger partial charge on any atom is -0.475 e. The van der Waals surface area contributed by atoms with Gasteiger partial charge in [0.25, 0.3) is 0 Å². The molecule has 0 bridgehead atoms. The molecule has 0 aromatic carbocycles. The van der Waals surface area contributed by atoms with Crippen LogP contribution in [0.15, 0.2) is 4.52 Å². The van der Waals surface area contributed by atoms with Gasteiger partial charge in [0.05, 0.1) is 25.0 Å². The highest BCUT2D eigenvalue weighted by Crippen LogP contribution is 2.37. The Labute approximate surface area is 183 Å². The molecule has 0 radical (unpaired) electrons. The zero-order valence-electron chi connectivity index (χ0n) is 18.1. The number of nitrogens with zero attached hydrogens (tertiary/aromatic N) is 3. The standard InChI is InChI=1S/C18H27N3O4.C2HF3O2/c1-12-15(13(2)25-19-12)8-20-9-16-14(11-23-17(16)10-20)7-18(22)21-5-3-4-6-24-21;3-2(4,5)1(6)7/h14,16-17H,3-11H2,1-2H3;(H,6,7)/t14-,16+,17+;/m0./s1. The average Bonchev–Trinajstić information content (AvgIpc) is 3.40. The van der Waals surface area contributed by atoms with Crippen LogP contribution in [0.5, 0.6) is 0 Å². The number of hydrogen-bond acceptors (Lipinski definition) is 7. The molecule has 1 aromatic heterocycles. The Morgan fingerprint density at radius 2 is 1.94 bits per heavy atom. The van der Waals surface area contributed by atoms with Gasteiger partial charge in [0.1, 0.15) is 5.76 Å². The highest BCUT2D eigenvalue weighted by molar-refractivity contribution is 5.75. The maximum Gasteiger partial charge on any atom is 0.490 e. The molecular weight excluding hydrogens is 435 g/mol. The van der Waals surface area contributed by atoms with Gasteiger partial charge in [0.15, 0.2) is 0 Å². The summed E-state index contributed by atoms with van der Waals surface area (Å²) in [7, 11) is 0. The second-order valence-corrected chi connectivity index (χ2v) is 8.34. The van der Waals surface area contributed by atoms with Gasteiger partial charge in [0.2, 0.25) is 5.91 Å². The number of aromatic nitrogens is 1. The van der Waals surface area contributed by atoms with Crippen LogP contribution in [-0.4, -0.2) is 77.2 Å². The van der Waals surface area contributed by atoms with E-state index in [1.807, 2.05) is 13.8 Å². The first-order valence-electron chi connectivity index (χ1n) is 10.6. The third-order valence-electron chi connectivity index (χ3n) is 6.04. The van der Waals surface area contributed by atoms with Crippen LogP contribution in [0.3, 0.4) is 0 Å². The van der Waals surface area contributed by atoms with Crippen molar-refractivity contribution < 1.29 is 42.0 Å². The number of carbonyl (C=O) groups is 2. The molecule has 180 valence electrons. The first kappa shape index (κ1) is 24.5. The van der Waals surface area contributed by atoms with Crippen LogP contribution >= 0.6 is 0 Å². The predicted molar refractivity (Wildman–Crippen MR) is 103 cm³/mol. The molecule has 3 aliphatic rings. The number of carboxylic acid groups (broad SMARTS) is 1. The van der Waals surface area contributed by atoms with E-state index in [0.717, 1.165) is 50.5 Å². The lowest BCUT2D eigenvalue weighted by Crippen LogP contribution is -2.37. The van der Waals surface area contributed by atoms with Crippen molar-refractivity contribution in [2.75, 3.05) is 32.8 Å². The highest BCUT2D eigenvalue weighted by Gasteiger charge is 2.45. The number of alkyl halides is 3. The summed E-state index contributed by atoms with van der Waals surface area (Å²) in [6, 6.07) is 0. The molecule has 0 saturated carbocycles. The molecule has 12 heteroatoms. The summed E-state index contributed by atoms with van der Waals surface area (Å²) >= 11 is 0. The molecule has 1 N–H and O–H groups in total. The van der Waals surface area contributed by atoms with Crippen molar-refractivity contribution in [1.29, 1.82) is 0 Å². The fourth-order valence-electron chi connectivity index (χ4n) is 4.29. The van der Waals surface area contributed by atoms with Crippen LogP contribution in [0.1, 0.15) is 36.3 Å². The fraction of sp³-hybridized carbons (Fsp3) is 0.750. The highest BCUT2D eigenvalue weighted by atomic mass is 19.4. The van der Waals surface area contributed by atoms with Crippen LogP contribution in [0.4, 0.5) is 13.2 Å². The molecule has 4 rings (SSSR count). The van der Waals surface area contributed by atoms with Crippen LogP contribution in [0.2, 0.25) is 0 Å². The fourth-order valence-corrected chi connectivity index (χ4v) is 4.29. The minimum absolute atomic E-state index is 0.109. The Balaban J connectivity index is 0.000000360. The number of hydrogen-bond donors (Lipinski definition) is 1. The van der Waals surface area contributed by atoms with Gasteiger partial charge in [-0.25, -0.2) is 9.86 Å². The number of carbonyl (C=O) groups excluding carboxylic acids is 1. The molecule has 32 heavy (non-hydrogen) atoms. The first-order chi connectivity index (χ1) is 15.1. The smallest absolute Gasteiger partial charge is 0.475 e. The number of hydroxylamine groups is 2. The number of rotatable bonds is 4. The lowest BCUT2D eigenvalue weighted by Gasteiger charge is -2.27. The third-order valence-corrected chi connectivity index (χ3v) is 6.04. The minimum atomic E-state index is -5.08. The van der Waals surface area contributed by atoms with Crippen molar-refractivity contribution >= 4 is 11.9 Å². The summed E-state index contributed by atoms with van der Waals surface area (Å²) in [6.45, 7) is 8.74. The van der Waals surface area contributed by atoms with E-state index in [4.69, 9.17) is 24.0 Å². The number of aryl methyl sites for hydroxylation is 2. The number of ether oxygens (including phenoxy) is 1. The van der Waals surface area contributed by atoms with Crippen molar-refractivity contribution in [2.45, 2.75) is 51.9 Å². The molecular formula is C20H28F3N3O6. The van der Waals surface area contributed by atoms with Gasteiger partial charge in [-0.05, 0) is 32.6 Å². The Morgan fingerprint density at radius 3 is 2.50 bits per heavy atom. The molecule has 3 saturated heterocycles. The second-order valence-electron chi connectivity index (χ2n) is 8.34. The molecule has 3 aliphatic heterocycles. The zero-order valence-corrected chi connectivity index (χ0v) is 18.1. The SMILES string of the molecule is Cc1noc(C)c1CN1C[C@@H]2[C@@H](CC(=O)N3CCCCO3)CO[C@@H]2C1.O=C(O)C(F)(F)F. The molecule has 0 spiro atoms. The summed E-state index contributed by atoms with van der Waals surface area (Å²) in [5.74, 6) is -1.04. The van der Waals surface area contributed by atoms with Crippen molar-refractivity contribution in [1.82, 2.24) is 15.1 Å². The number of amides is 1. The zero-order chi connectivity index (χ0) is 23.5. The average molecular weight is 463 g/mol. The number of fused-ring (bicyclic) bond motifs is 1. The molecule has 3 fully saturated rings. The number of likely N-dealkylation sites (tertiary alicyclic amines) is 1. The Morgan fingerprint density at radius 1 is 1.22 bits per heavy atom. The second kappa shape index (κ2) is 10.2. The largest absolute Gasteiger partial charge is 0.490 e. The Hall–Kier alpha value is -2.18. The van der Waals surface area contributed by atoms with Crippen molar-refractivity contribution in [2.24, 2.45) is 11.8 Å². The molecule has 0 unspecified atom stereocenters. The van der Waals surface area contributed by atoms with Crippen LogP contribution in [0.25, 0.3) is 0 Å². The van der Waals surface area contributed by atoms with Crippen LogP contribution in [-0.2, 0) is 25.7 Å². The van der Waals surface area contributed by atoms with Gasteiger partial charge in [0, 0.05) is 44.1 Å².